The summed E-state index contributed by atoms with van der Waals surface area (Å²) >= 11 is 3.26. The van der Waals surface area contributed by atoms with Crippen LogP contribution in [0.1, 0.15) is 19.4 Å². The van der Waals surface area contributed by atoms with Crippen LogP contribution in [0.4, 0.5) is 0 Å². The maximum absolute atomic E-state index is 12.1. The lowest BCUT2D eigenvalue weighted by atomic mass is 10.2. The molecule has 0 aliphatic carbocycles. The molecule has 0 aliphatic heterocycles. The summed E-state index contributed by atoms with van der Waals surface area (Å²) in [6.45, 7) is 5.73. The fourth-order valence-corrected chi connectivity index (χ4v) is 3.33. The second-order valence-electron chi connectivity index (χ2n) is 4.75. The number of amides is 1. The van der Waals surface area contributed by atoms with Gasteiger partial charge < -0.3 is 5.32 Å². The number of hydrogen-bond acceptors (Lipinski definition) is 3. The minimum Gasteiger partial charge on any atom is -0.355 e. The third kappa shape index (κ3) is 4.88. The van der Waals surface area contributed by atoms with Crippen molar-refractivity contribution in [3.63, 3.8) is 0 Å². The van der Waals surface area contributed by atoms with Gasteiger partial charge in [0.1, 0.15) is 0 Å². The maximum Gasteiger partial charge on any atom is 0.240 e. The molecule has 0 saturated carbocycles. The van der Waals surface area contributed by atoms with Gasteiger partial charge in [-0.05, 0) is 24.6 Å². The van der Waals surface area contributed by atoms with E-state index in [-0.39, 0.29) is 29.8 Å². The number of carbonyl (C=O) groups is 1. The summed E-state index contributed by atoms with van der Waals surface area (Å²) in [7, 11) is -3.56. The number of nitrogens with one attached hydrogen (secondary N) is 2. The largest absolute Gasteiger partial charge is 0.355 e. The molecule has 0 aliphatic rings. The van der Waals surface area contributed by atoms with E-state index >= 15 is 0 Å². The number of sulfonamides is 1. The fourth-order valence-electron chi connectivity index (χ4n) is 1.52. The Hall–Kier alpha value is -0.920. The zero-order valence-corrected chi connectivity index (χ0v) is 14.1. The fraction of sp³-hybridized carbons (Fsp3) is 0.462. The van der Waals surface area contributed by atoms with E-state index < -0.39 is 10.0 Å². The average Bonchev–Trinajstić information content (AvgIpc) is 2.37. The van der Waals surface area contributed by atoms with E-state index in [0.29, 0.717) is 10.0 Å². The number of hydrogen-bond donors (Lipinski definition) is 2. The molecular formula is C13H19BrN2O3S. The van der Waals surface area contributed by atoms with Crippen LogP contribution in [0.5, 0.6) is 0 Å². The maximum atomic E-state index is 12.1. The van der Waals surface area contributed by atoms with Crippen molar-refractivity contribution in [3.8, 4) is 0 Å². The van der Waals surface area contributed by atoms with Gasteiger partial charge >= 0.3 is 0 Å². The number of benzene rings is 1. The molecule has 20 heavy (non-hydrogen) atoms. The van der Waals surface area contributed by atoms with Gasteiger partial charge in [0.05, 0.1) is 4.90 Å². The van der Waals surface area contributed by atoms with Gasteiger partial charge in [0, 0.05) is 23.5 Å². The standard InChI is InChI=1S/C13H19BrN2O3S/c1-9(2)13(17)15-6-7-16-20(18,19)12-8-11(14)5-4-10(12)3/h4-5,8-9,16H,6-7H2,1-3H3,(H,15,17). The quantitative estimate of drug-likeness (QED) is 0.757. The molecule has 0 fully saturated rings. The Labute approximate surface area is 128 Å². The summed E-state index contributed by atoms with van der Waals surface area (Å²) in [6, 6.07) is 5.08. The highest BCUT2D eigenvalue weighted by atomic mass is 79.9. The first-order valence-corrected chi connectivity index (χ1v) is 8.55. The molecule has 0 heterocycles. The first-order chi connectivity index (χ1) is 9.24. The van der Waals surface area contributed by atoms with Crippen LogP contribution in [0.2, 0.25) is 0 Å². The van der Waals surface area contributed by atoms with Gasteiger partial charge in [-0.15, -0.1) is 0 Å². The Morgan fingerprint density at radius 2 is 1.95 bits per heavy atom. The second kappa shape index (κ2) is 7.19. The first-order valence-electron chi connectivity index (χ1n) is 6.27. The van der Waals surface area contributed by atoms with Crippen molar-refractivity contribution in [2.45, 2.75) is 25.7 Å². The number of aryl methyl sites for hydroxylation is 1. The number of carbonyl (C=O) groups excluding carboxylic acids is 1. The zero-order chi connectivity index (χ0) is 15.3. The molecule has 0 bridgehead atoms. The summed E-state index contributed by atoms with van der Waals surface area (Å²) in [4.78, 5) is 11.6. The van der Waals surface area contributed by atoms with Gasteiger partial charge in [-0.25, -0.2) is 13.1 Å². The van der Waals surface area contributed by atoms with Crippen molar-refractivity contribution in [1.29, 1.82) is 0 Å². The van der Waals surface area contributed by atoms with Crippen molar-refractivity contribution in [2.24, 2.45) is 5.92 Å². The Bertz CT molecular complexity index is 585. The topological polar surface area (TPSA) is 75.3 Å². The van der Waals surface area contributed by atoms with Crippen LogP contribution in [-0.4, -0.2) is 27.4 Å². The van der Waals surface area contributed by atoms with Gasteiger partial charge in [0.2, 0.25) is 15.9 Å². The predicted molar refractivity (Wildman–Crippen MR) is 81.9 cm³/mol. The van der Waals surface area contributed by atoms with E-state index in [1.807, 2.05) is 0 Å². The molecule has 1 aromatic rings. The molecule has 0 atom stereocenters. The monoisotopic (exact) mass is 362 g/mol. The van der Waals surface area contributed by atoms with E-state index in [9.17, 15) is 13.2 Å². The predicted octanol–water partition coefficient (Wildman–Crippen LogP) is 1.81. The molecule has 5 nitrogen and oxygen atoms in total. The van der Waals surface area contributed by atoms with Gasteiger partial charge in [0.25, 0.3) is 0 Å². The lowest BCUT2D eigenvalue weighted by molar-refractivity contribution is -0.123. The molecule has 0 radical (unpaired) electrons. The summed E-state index contributed by atoms with van der Waals surface area (Å²) < 4.78 is 27.5. The Kier molecular flexibility index (Phi) is 6.16. The Balaban J connectivity index is 2.63. The van der Waals surface area contributed by atoms with Crippen LogP contribution >= 0.6 is 15.9 Å². The van der Waals surface area contributed by atoms with Crippen LogP contribution in [0.15, 0.2) is 27.6 Å². The molecule has 0 spiro atoms. The van der Waals surface area contributed by atoms with Crippen LogP contribution in [-0.2, 0) is 14.8 Å². The lowest BCUT2D eigenvalue weighted by Gasteiger charge is -2.11. The third-order valence-electron chi connectivity index (χ3n) is 2.68. The van der Waals surface area contributed by atoms with E-state index in [0.717, 1.165) is 0 Å². The molecule has 1 rings (SSSR count). The summed E-state index contributed by atoms with van der Waals surface area (Å²) in [5.74, 6) is -0.207. The van der Waals surface area contributed by atoms with Gasteiger partial charge in [0.15, 0.2) is 0 Å². The van der Waals surface area contributed by atoms with Crippen molar-refractivity contribution < 1.29 is 13.2 Å². The lowest BCUT2D eigenvalue weighted by Crippen LogP contribution is -2.36. The van der Waals surface area contributed by atoms with Crippen molar-refractivity contribution in [3.05, 3.63) is 28.2 Å². The van der Waals surface area contributed by atoms with E-state index in [1.165, 1.54) is 0 Å². The van der Waals surface area contributed by atoms with Gasteiger partial charge in [-0.1, -0.05) is 35.8 Å². The molecule has 1 aromatic carbocycles. The van der Waals surface area contributed by atoms with Gasteiger partial charge in [-0.2, -0.15) is 0 Å². The molecule has 7 heteroatoms. The SMILES string of the molecule is Cc1ccc(Br)cc1S(=O)(=O)NCCNC(=O)C(C)C. The first kappa shape index (κ1) is 17.1. The molecule has 1 amide bonds. The van der Waals surface area contributed by atoms with E-state index in [2.05, 4.69) is 26.0 Å². The van der Waals surface area contributed by atoms with Crippen LogP contribution in [0, 0.1) is 12.8 Å². The second-order valence-corrected chi connectivity index (χ2v) is 7.40. The summed E-state index contributed by atoms with van der Waals surface area (Å²) in [5.41, 5.74) is 0.673. The van der Waals surface area contributed by atoms with Crippen molar-refractivity contribution >= 4 is 31.9 Å². The highest BCUT2D eigenvalue weighted by Crippen LogP contribution is 2.20. The van der Waals surface area contributed by atoms with Gasteiger partial charge in [-0.3, -0.25) is 4.79 Å². The van der Waals surface area contributed by atoms with Crippen LogP contribution < -0.4 is 10.0 Å². The highest BCUT2D eigenvalue weighted by molar-refractivity contribution is 9.10. The minimum absolute atomic E-state index is 0.0946. The average molecular weight is 363 g/mol. The van der Waals surface area contributed by atoms with Crippen molar-refractivity contribution in [1.82, 2.24) is 10.0 Å². The smallest absolute Gasteiger partial charge is 0.240 e. The van der Waals surface area contributed by atoms with Crippen LogP contribution in [0.3, 0.4) is 0 Å². The van der Waals surface area contributed by atoms with E-state index in [1.54, 1.807) is 39.0 Å². The number of rotatable bonds is 6. The Morgan fingerprint density at radius 1 is 1.30 bits per heavy atom. The highest BCUT2D eigenvalue weighted by Gasteiger charge is 2.16. The number of halogens is 1. The molecule has 2 N–H and O–H groups in total. The van der Waals surface area contributed by atoms with Crippen LogP contribution in [0.25, 0.3) is 0 Å². The summed E-state index contributed by atoms with van der Waals surface area (Å²) in [6.07, 6.45) is 0. The molecule has 0 aromatic heterocycles. The Morgan fingerprint density at radius 3 is 2.55 bits per heavy atom. The third-order valence-corrected chi connectivity index (χ3v) is 4.78. The molecule has 112 valence electrons. The zero-order valence-electron chi connectivity index (χ0n) is 11.7. The molecular weight excluding hydrogens is 344 g/mol. The normalized spacial score (nSPS) is 11.7. The van der Waals surface area contributed by atoms with E-state index in [4.69, 9.17) is 0 Å². The summed E-state index contributed by atoms with van der Waals surface area (Å²) in [5, 5.41) is 2.66. The minimum atomic E-state index is -3.56. The molecule has 0 unspecified atom stereocenters. The van der Waals surface area contributed by atoms with Crippen molar-refractivity contribution in [2.75, 3.05) is 13.1 Å². The molecule has 0 saturated heterocycles.